The highest BCUT2D eigenvalue weighted by molar-refractivity contribution is 6.32. The van der Waals surface area contributed by atoms with Crippen molar-refractivity contribution in [2.24, 2.45) is 0 Å². The molecule has 2 aromatic carbocycles. The molecule has 0 fully saturated rings. The van der Waals surface area contributed by atoms with Gasteiger partial charge in [-0.3, -0.25) is 14.4 Å². The van der Waals surface area contributed by atoms with Crippen LogP contribution in [0.3, 0.4) is 0 Å². The van der Waals surface area contributed by atoms with E-state index in [0.29, 0.717) is 22.0 Å². The molecule has 2 aromatic rings. The van der Waals surface area contributed by atoms with Crippen molar-refractivity contribution >= 4 is 35.1 Å². The van der Waals surface area contributed by atoms with E-state index in [-0.39, 0.29) is 6.54 Å². The van der Waals surface area contributed by atoms with Gasteiger partial charge in [0.2, 0.25) is 0 Å². The van der Waals surface area contributed by atoms with Gasteiger partial charge in [0, 0.05) is 11.3 Å². The number of hydrogen-bond acceptors (Lipinski definition) is 5. The topological polar surface area (TPSA) is 93.7 Å². The number of anilines is 1. The van der Waals surface area contributed by atoms with Crippen molar-refractivity contribution in [2.75, 3.05) is 19.0 Å². The Morgan fingerprint density at radius 1 is 1.11 bits per heavy atom. The van der Waals surface area contributed by atoms with E-state index in [1.165, 1.54) is 20.1 Å². The molecule has 2 N–H and O–H groups in total. The molecule has 27 heavy (non-hydrogen) atoms. The van der Waals surface area contributed by atoms with Crippen molar-refractivity contribution < 1.29 is 23.9 Å². The van der Waals surface area contributed by atoms with Gasteiger partial charge in [-0.05, 0) is 37.3 Å². The van der Waals surface area contributed by atoms with Crippen LogP contribution >= 0.6 is 11.6 Å². The summed E-state index contributed by atoms with van der Waals surface area (Å²) in [5.74, 6) is -1.19. The van der Waals surface area contributed by atoms with Gasteiger partial charge in [0.25, 0.3) is 11.8 Å². The van der Waals surface area contributed by atoms with Gasteiger partial charge in [0.15, 0.2) is 6.10 Å². The zero-order valence-corrected chi connectivity index (χ0v) is 15.6. The van der Waals surface area contributed by atoms with Gasteiger partial charge in [-0.25, -0.2) is 0 Å². The van der Waals surface area contributed by atoms with Crippen LogP contribution in [0.1, 0.15) is 17.3 Å². The lowest BCUT2D eigenvalue weighted by Gasteiger charge is -2.14. The number of methoxy groups -OCH3 is 1. The summed E-state index contributed by atoms with van der Waals surface area (Å²) in [4.78, 5) is 35.8. The van der Waals surface area contributed by atoms with Crippen molar-refractivity contribution in [3.63, 3.8) is 0 Å². The number of esters is 1. The van der Waals surface area contributed by atoms with Crippen LogP contribution in [0.25, 0.3) is 0 Å². The number of carbonyl (C=O) groups excluding carboxylic acids is 3. The molecule has 0 unspecified atom stereocenters. The quantitative estimate of drug-likeness (QED) is 0.709. The molecule has 0 bridgehead atoms. The molecule has 0 aliphatic carbocycles. The Bertz CT molecular complexity index is 826. The normalized spacial score (nSPS) is 11.2. The van der Waals surface area contributed by atoms with Gasteiger partial charge >= 0.3 is 5.97 Å². The summed E-state index contributed by atoms with van der Waals surface area (Å²) in [7, 11) is 1.48. The molecule has 0 radical (unpaired) electrons. The molecule has 0 aliphatic rings. The van der Waals surface area contributed by atoms with Crippen molar-refractivity contribution in [3.05, 3.63) is 59.1 Å². The number of ether oxygens (including phenoxy) is 2. The average Bonchev–Trinajstić information content (AvgIpc) is 2.66. The van der Waals surface area contributed by atoms with Crippen LogP contribution < -0.4 is 15.4 Å². The molecule has 142 valence electrons. The number of rotatable bonds is 7. The predicted molar refractivity (Wildman–Crippen MR) is 101 cm³/mol. The first kappa shape index (κ1) is 20.3. The summed E-state index contributed by atoms with van der Waals surface area (Å²) < 4.78 is 10.1. The summed E-state index contributed by atoms with van der Waals surface area (Å²) >= 11 is 6.00. The zero-order valence-electron chi connectivity index (χ0n) is 14.8. The maximum Gasteiger partial charge on any atom is 0.326 e. The number of hydrogen-bond donors (Lipinski definition) is 2. The highest BCUT2D eigenvalue weighted by Gasteiger charge is 2.19. The first-order valence-electron chi connectivity index (χ1n) is 8.08. The highest BCUT2D eigenvalue weighted by atomic mass is 35.5. The molecule has 0 heterocycles. The second kappa shape index (κ2) is 9.59. The summed E-state index contributed by atoms with van der Waals surface area (Å²) in [5.41, 5.74) is 0.860. The minimum Gasteiger partial charge on any atom is -0.495 e. The lowest BCUT2D eigenvalue weighted by atomic mass is 10.2. The number of carbonyl (C=O) groups is 3. The molecule has 1 atom stereocenters. The van der Waals surface area contributed by atoms with Crippen molar-refractivity contribution in [1.29, 1.82) is 0 Å². The fraction of sp³-hybridized carbons (Fsp3) is 0.211. The van der Waals surface area contributed by atoms with Crippen LogP contribution in [-0.2, 0) is 14.3 Å². The first-order chi connectivity index (χ1) is 12.9. The second-order valence-corrected chi connectivity index (χ2v) is 5.93. The van der Waals surface area contributed by atoms with E-state index in [9.17, 15) is 14.4 Å². The number of halogens is 1. The zero-order chi connectivity index (χ0) is 19.8. The molecule has 8 heteroatoms. The maximum absolute atomic E-state index is 12.1. The number of nitrogens with one attached hydrogen (secondary N) is 2. The minimum atomic E-state index is -1.05. The van der Waals surface area contributed by atoms with Crippen LogP contribution in [0.4, 0.5) is 5.69 Å². The van der Waals surface area contributed by atoms with Gasteiger partial charge in [0.05, 0.1) is 12.1 Å². The van der Waals surface area contributed by atoms with Gasteiger partial charge in [0.1, 0.15) is 12.3 Å². The fourth-order valence-corrected chi connectivity index (χ4v) is 2.38. The largest absolute Gasteiger partial charge is 0.495 e. The van der Waals surface area contributed by atoms with E-state index in [2.05, 4.69) is 10.6 Å². The standard InChI is InChI=1S/C19H19ClN2O5/c1-12(18(24)22-14-8-9-16(26-2)15(20)10-14)27-17(23)11-21-19(25)13-6-4-3-5-7-13/h3-10,12H,11H2,1-2H3,(H,21,25)(H,22,24)/t12-/m0/s1. The van der Waals surface area contributed by atoms with Crippen LogP contribution in [0.2, 0.25) is 5.02 Å². The summed E-state index contributed by atoms with van der Waals surface area (Å²) in [6.45, 7) is 1.08. The van der Waals surface area contributed by atoms with Gasteiger partial charge in [-0.1, -0.05) is 29.8 Å². The van der Waals surface area contributed by atoms with E-state index in [0.717, 1.165) is 0 Å². The lowest BCUT2D eigenvalue weighted by Crippen LogP contribution is -2.35. The summed E-state index contributed by atoms with van der Waals surface area (Å²) in [5, 5.41) is 5.36. The van der Waals surface area contributed by atoms with Gasteiger partial charge < -0.3 is 20.1 Å². The molecule has 2 rings (SSSR count). The molecule has 0 saturated carbocycles. The monoisotopic (exact) mass is 390 g/mol. The molecule has 0 aromatic heterocycles. The van der Waals surface area contributed by atoms with Gasteiger partial charge in [-0.2, -0.15) is 0 Å². The first-order valence-corrected chi connectivity index (χ1v) is 8.45. The molecule has 0 aliphatic heterocycles. The molecule has 0 spiro atoms. The Balaban J connectivity index is 1.82. The summed E-state index contributed by atoms with van der Waals surface area (Å²) in [6, 6.07) is 13.2. The van der Waals surface area contributed by atoms with Crippen LogP contribution in [0.15, 0.2) is 48.5 Å². The number of benzene rings is 2. The van der Waals surface area contributed by atoms with Crippen LogP contribution in [0.5, 0.6) is 5.75 Å². The molecule has 7 nitrogen and oxygen atoms in total. The highest BCUT2D eigenvalue weighted by Crippen LogP contribution is 2.27. The lowest BCUT2D eigenvalue weighted by molar-refractivity contribution is -0.152. The van der Waals surface area contributed by atoms with E-state index < -0.39 is 23.9 Å². The Hall–Kier alpha value is -3.06. The SMILES string of the molecule is COc1ccc(NC(=O)[C@H](C)OC(=O)CNC(=O)c2ccccc2)cc1Cl. The fourth-order valence-electron chi connectivity index (χ4n) is 2.12. The molecule has 2 amide bonds. The van der Waals surface area contributed by atoms with Crippen LogP contribution in [-0.4, -0.2) is 37.5 Å². The third-order valence-corrected chi connectivity index (χ3v) is 3.82. The Kier molecular flexibility index (Phi) is 7.19. The molecule has 0 saturated heterocycles. The Labute approximate surface area is 161 Å². The molecular weight excluding hydrogens is 372 g/mol. The number of amides is 2. The third-order valence-electron chi connectivity index (χ3n) is 3.53. The predicted octanol–water partition coefficient (Wildman–Crippen LogP) is 2.65. The second-order valence-electron chi connectivity index (χ2n) is 5.52. The average molecular weight is 391 g/mol. The van der Waals surface area contributed by atoms with Gasteiger partial charge in [-0.15, -0.1) is 0 Å². The minimum absolute atomic E-state index is 0.337. The van der Waals surface area contributed by atoms with Crippen molar-refractivity contribution in [3.8, 4) is 5.75 Å². The Morgan fingerprint density at radius 3 is 2.44 bits per heavy atom. The van der Waals surface area contributed by atoms with E-state index in [1.54, 1.807) is 42.5 Å². The third kappa shape index (κ3) is 6.00. The van der Waals surface area contributed by atoms with E-state index in [4.69, 9.17) is 21.1 Å². The van der Waals surface area contributed by atoms with E-state index in [1.807, 2.05) is 0 Å². The maximum atomic E-state index is 12.1. The van der Waals surface area contributed by atoms with Crippen molar-refractivity contribution in [1.82, 2.24) is 5.32 Å². The van der Waals surface area contributed by atoms with E-state index >= 15 is 0 Å². The Morgan fingerprint density at radius 2 is 1.81 bits per heavy atom. The van der Waals surface area contributed by atoms with Crippen LogP contribution in [0, 0.1) is 0 Å². The molecular formula is C19H19ClN2O5. The smallest absolute Gasteiger partial charge is 0.326 e. The summed E-state index contributed by atoms with van der Waals surface area (Å²) in [6.07, 6.45) is -1.05. The van der Waals surface area contributed by atoms with Crippen molar-refractivity contribution in [2.45, 2.75) is 13.0 Å².